The Hall–Kier alpha value is -3.12. The SMILES string of the molecule is Cc1cc(-c2ccc(-c3ccccc3)cc2)ccc1-c1ccccc1. The van der Waals surface area contributed by atoms with E-state index in [2.05, 4.69) is 110 Å². The third-order valence-corrected chi connectivity index (χ3v) is 4.64. The van der Waals surface area contributed by atoms with Crippen molar-refractivity contribution in [3.63, 3.8) is 0 Å². The van der Waals surface area contributed by atoms with Crippen molar-refractivity contribution in [2.75, 3.05) is 0 Å². The monoisotopic (exact) mass is 320 g/mol. The van der Waals surface area contributed by atoms with Crippen LogP contribution in [0.3, 0.4) is 0 Å². The van der Waals surface area contributed by atoms with Crippen LogP contribution in [-0.4, -0.2) is 0 Å². The summed E-state index contributed by atoms with van der Waals surface area (Å²) in [6.45, 7) is 2.18. The molecule has 0 atom stereocenters. The average Bonchev–Trinajstić information content (AvgIpc) is 2.69. The first-order valence-corrected chi connectivity index (χ1v) is 8.63. The van der Waals surface area contributed by atoms with E-state index in [9.17, 15) is 0 Å². The Morgan fingerprint density at radius 1 is 0.400 bits per heavy atom. The minimum atomic E-state index is 1.25. The molecule has 120 valence electrons. The Morgan fingerprint density at radius 2 is 0.840 bits per heavy atom. The van der Waals surface area contributed by atoms with E-state index in [4.69, 9.17) is 0 Å². The smallest absolute Gasteiger partial charge is 0.0154 e. The zero-order chi connectivity index (χ0) is 17.1. The molecule has 0 fully saturated rings. The summed E-state index contributed by atoms with van der Waals surface area (Å²) in [6, 6.07) is 36.6. The first-order valence-electron chi connectivity index (χ1n) is 8.63. The first kappa shape index (κ1) is 15.4. The predicted octanol–water partition coefficient (Wildman–Crippen LogP) is 7.00. The second-order valence-corrected chi connectivity index (χ2v) is 6.34. The van der Waals surface area contributed by atoms with Gasteiger partial charge in [0.1, 0.15) is 0 Å². The zero-order valence-corrected chi connectivity index (χ0v) is 14.3. The predicted molar refractivity (Wildman–Crippen MR) is 107 cm³/mol. The highest BCUT2D eigenvalue weighted by atomic mass is 14.1. The molecule has 0 radical (unpaired) electrons. The van der Waals surface area contributed by atoms with E-state index in [0.717, 1.165) is 0 Å². The van der Waals surface area contributed by atoms with Gasteiger partial charge in [-0.1, -0.05) is 103 Å². The van der Waals surface area contributed by atoms with Crippen LogP contribution in [0.15, 0.2) is 103 Å². The standard InChI is InChI=1S/C25H20/c1-19-18-24(16-17-25(19)23-10-6-3-7-11-23)22-14-12-21(13-15-22)20-8-4-2-5-9-20/h2-18H,1H3. The zero-order valence-electron chi connectivity index (χ0n) is 14.3. The fraction of sp³-hybridized carbons (Fsp3) is 0.0400. The molecule has 0 spiro atoms. The molecule has 0 saturated heterocycles. The van der Waals surface area contributed by atoms with Gasteiger partial charge in [0.15, 0.2) is 0 Å². The van der Waals surface area contributed by atoms with Gasteiger partial charge in [-0.05, 0) is 45.9 Å². The largest absolute Gasteiger partial charge is 0.0622 e. The van der Waals surface area contributed by atoms with Crippen molar-refractivity contribution in [2.45, 2.75) is 6.92 Å². The van der Waals surface area contributed by atoms with E-state index in [1.54, 1.807) is 0 Å². The summed E-state index contributed by atoms with van der Waals surface area (Å²) in [6.07, 6.45) is 0. The molecule has 25 heavy (non-hydrogen) atoms. The highest BCUT2D eigenvalue weighted by Gasteiger charge is 2.05. The molecule has 0 nitrogen and oxygen atoms in total. The maximum absolute atomic E-state index is 2.28. The molecule has 0 unspecified atom stereocenters. The molecule has 0 heterocycles. The van der Waals surface area contributed by atoms with E-state index in [1.807, 2.05) is 0 Å². The molecule has 0 aliphatic rings. The third-order valence-electron chi connectivity index (χ3n) is 4.64. The number of hydrogen-bond donors (Lipinski definition) is 0. The van der Waals surface area contributed by atoms with Crippen LogP contribution in [0, 0.1) is 6.92 Å². The molecule has 4 rings (SSSR count). The molecule has 4 aromatic carbocycles. The van der Waals surface area contributed by atoms with Crippen LogP contribution in [0.25, 0.3) is 33.4 Å². The minimum Gasteiger partial charge on any atom is -0.0622 e. The number of hydrogen-bond acceptors (Lipinski definition) is 0. The normalized spacial score (nSPS) is 10.6. The molecule has 0 N–H and O–H groups in total. The van der Waals surface area contributed by atoms with Crippen molar-refractivity contribution in [3.05, 3.63) is 109 Å². The van der Waals surface area contributed by atoms with Gasteiger partial charge in [0.05, 0.1) is 0 Å². The van der Waals surface area contributed by atoms with Crippen molar-refractivity contribution in [1.29, 1.82) is 0 Å². The molecule has 0 amide bonds. The summed E-state index contributed by atoms with van der Waals surface area (Å²) in [5.74, 6) is 0. The Balaban J connectivity index is 1.65. The van der Waals surface area contributed by atoms with Gasteiger partial charge in [-0.3, -0.25) is 0 Å². The molecule has 0 aromatic heterocycles. The van der Waals surface area contributed by atoms with Gasteiger partial charge in [0.25, 0.3) is 0 Å². The maximum Gasteiger partial charge on any atom is -0.0154 e. The van der Waals surface area contributed by atoms with Gasteiger partial charge in [-0.15, -0.1) is 0 Å². The van der Waals surface area contributed by atoms with Gasteiger partial charge >= 0.3 is 0 Å². The lowest BCUT2D eigenvalue weighted by molar-refractivity contribution is 1.45. The second kappa shape index (κ2) is 6.78. The molecule has 0 heteroatoms. The second-order valence-electron chi connectivity index (χ2n) is 6.34. The van der Waals surface area contributed by atoms with Crippen LogP contribution in [0.1, 0.15) is 5.56 Å². The number of rotatable bonds is 3. The van der Waals surface area contributed by atoms with Gasteiger partial charge < -0.3 is 0 Å². The van der Waals surface area contributed by atoms with Crippen LogP contribution in [0.5, 0.6) is 0 Å². The minimum absolute atomic E-state index is 1.25. The fourth-order valence-electron chi connectivity index (χ4n) is 3.27. The fourth-order valence-corrected chi connectivity index (χ4v) is 3.27. The summed E-state index contributed by atoms with van der Waals surface area (Å²) in [4.78, 5) is 0. The molecule has 4 aromatic rings. The van der Waals surface area contributed by atoms with Gasteiger partial charge in [-0.25, -0.2) is 0 Å². The molecule has 0 bridgehead atoms. The van der Waals surface area contributed by atoms with Crippen molar-refractivity contribution in [1.82, 2.24) is 0 Å². The molecular formula is C25H20. The van der Waals surface area contributed by atoms with Crippen LogP contribution < -0.4 is 0 Å². The van der Waals surface area contributed by atoms with E-state index in [0.29, 0.717) is 0 Å². The topological polar surface area (TPSA) is 0 Å². The summed E-state index contributed by atoms with van der Waals surface area (Å²) < 4.78 is 0. The lowest BCUT2D eigenvalue weighted by atomic mass is 9.95. The summed E-state index contributed by atoms with van der Waals surface area (Å²) in [5.41, 5.74) is 8.89. The van der Waals surface area contributed by atoms with Crippen molar-refractivity contribution < 1.29 is 0 Å². The molecule has 0 saturated carbocycles. The maximum atomic E-state index is 2.28. The average molecular weight is 320 g/mol. The van der Waals surface area contributed by atoms with Crippen LogP contribution in [-0.2, 0) is 0 Å². The van der Waals surface area contributed by atoms with Gasteiger partial charge in [-0.2, -0.15) is 0 Å². The molecular weight excluding hydrogens is 300 g/mol. The van der Waals surface area contributed by atoms with Crippen LogP contribution in [0.2, 0.25) is 0 Å². The first-order chi connectivity index (χ1) is 12.3. The highest BCUT2D eigenvalue weighted by molar-refractivity contribution is 5.75. The Bertz CT molecular complexity index is 965. The lowest BCUT2D eigenvalue weighted by Gasteiger charge is -2.10. The summed E-state index contributed by atoms with van der Waals surface area (Å²) in [5, 5.41) is 0. The van der Waals surface area contributed by atoms with Crippen molar-refractivity contribution >= 4 is 0 Å². The van der Waals surface area contributed by atoms with E-state index < -0.39 is 0 Å². The summed E-state index contributed by atoms with van der Waals surface area (Å²) >= 11 is 0. The van der Waals surface area contributed by atoms with E-state index in [-0.39, 0.29) is 0 Å². The quantitative estimate of drug-likeness (QED) is 0.381. The van der Waals surface area contributed by atoms with Gasteiger partial charge in [0.2, 0.25) is 0 Å². The van der Waals surface area contributed by atoms with Crippen LogP contribution >= 0.6 is 0 Å². The third kappa shape index (κ3) is 3.25. The van der Waals surface area contributed by atoms with Crippen molar-refractivity contribution in [3.8, 4) is 33.4 Å². The Kier molecular flexibility index (Phi) is 4.18. The lowest BCUT2D eigenvalue weighted by Crippen LogP contribution is -1.86. The Morgan fingerprint density at radius 3 is 1.40 bits per heavy atom. The van der Waals surface area contributed by atoms with Gasteiger partial charge in [0, 0.05) is 0 Å². The Labute approximate surface area is 149 Å². The number of benzene rings is 4. The number of aryl methyl sites for hydroxylation is 1. The molecule has 0 aliphatic carbocycles. The van der Waals surface area contributed by atoms with E-state index in [1.165, 1.54) is 38.9 Å². The van der Waals surface area contributed by atoms with Crippen LogP contribution in [0.4, 0.5) is 0 Å². The summed E-state index contributed by atoms with van der Waals surface area (Å²) in [7, 11) is 0. The molecule has 0 aliphatic heterocycles. The highest BCUT2D eigenvalue weighted by Crippen LogP contribution is 2.29. The van der Waals surface area contributed by atoms with E-state index >= 15 is 0 Å². The van der Waals surface area contributed by atoms with Crippen molar-refractivity contribution in [2.24, 2.45) is 0 Å².